The number of aryl methyl sites for hydroxylation is 1. The molecule has 0 atom stereocenters. The summed E-state index contributed by atoms with van der Waals surface area (Å²) in [5.41, 5.74) is 2.69. The molecule has 118 valence electrons. The van der Waals surface area contributed by atoms with Gasteiger partial charge in [0, 0.05) is 54.6 Å². The van der Waals surface area contributed by atoms with Gasteiger partial charge in [0.05, 0.1) is 11.2 Å². The Kier molecular flexibility index (Phi) is 4.02. The zero-order valence-corrected chi connectivity index (χ0v) is 14.1. The third-order valence-electron chi connectivity index (χ3n) is 4.37. The molecule has 0 radical (unpaired) electrons. The predicted octanol–water partition coefficient (Wildman–Crippen LogP) is 3.74. The van der Waals surface area contributed by atoms with Crippen LogP contribution in [0.25, 0.3) is 10.9 Å². The predicted molar refractivity (Wildman–Crippen MR) is 98.6 cm³/mol. The summed E-state index contributed by atoms with van der Waals surface area (Å²) in [5, 5.41) is 4.78. The van der Waals surface area contributed by atoms with E-state index in [1.165, 1.54) is 26.4 Å². The summed E-state index contributed by atoms with van der Waals surface area (Å²) in [6.07, 6.45) is 2.26. The van der Waals surface area contributed by atoms with Crippen molar-refractivity contribution >= 4 is 28.4 Å². The molecular formula is C19H21N3S. The molecule has 1 aliphatic rings. The maximum absolute atomic E-state index is 3.43. The molecule has 0 amide bonds. The van der Waals surface area contributed by atoms with Gasteiger partial charge in [0.15, 0.2) is 0 Å². The molecule has 1 saturated heterocycles. The van der Waals surface area contributed by atoms with Crippen LogP contribution in [-0.4, -0.2) is 30.7 Å². The van der Waals surface area contributed by atoms with Crippen LogP contribution in [0.15, 0.2) is 64.5 Å². The molecule has 3 aromatic rings. The molecule has 0 unspecified atom stereocenters. The second-order valence-electron chi connectivity index (χ2n) is 5.93. The number of anilines is 1. The molecule has 2 heterocycles. The monoisotopic (exact) mass is 323 g/mol. The van der Waals surface area contributed by atoms with Crippen molar-refractivity contribution < 1.29 is 0 Å². The van der Waals surface area contributed by atoms with E-state index >= 15 is 0 Å². The van der Waals surface area contributed by atoms with E-state index in [1.807, 2.05) is 11.8 Å². The molecule has 0 aliphatic carbocycles. The average Bonchev–Trinajstić information content (AvgIpc) is 2.93. The number of rotatable bonds is 3. The first-order chi connectivity index (χ1) is 11.3. The highest BCUT2D eigenvalue weighted by atomic mass is 32.2. The standard InChI is InChI=1S/C19H21N3S/c1-21-14-18(23-15-6-3-2-4-7-15)16-8-5-9-17(19(16)21)22-12-10-20-11-13-22/h2-9,14,20H,10-13H2,1H3. The number of nitrogens with one attached hydrogen (secondary N) is 1. The fourth-order valence-corrected chi connectivity index (χ4v) is 4.30. The Balaban J connectivity index is 1.76. The van der Waals surface area contributed by atoms with Crippen molar-refractivity contribution in [3.8, 4) is 0 Å². The lowest BCUT2D eigenvalue weighted by Gasteiger charge is -2.30. The van der Waals surface area contributed by atoms with Gasteiger partial charge in [0.1, 0.15) is 0 Å². The van der Waals surface area contributed by atoms with Crippen molar-refractivity contribution in [3.05, 3.63) is 54.7 Å². The van der Waals surface area contributed by atoms with Gasteiger partial charge in [-0.2, -0.15) is 0 Å². The number of para-hydroxylation sites is 1. The molecule has 23 heavy (non-hydrogen) atoms. The van der Waals surface area contributed by atoms with Gasteiger partial charge in [-0.3, -0.25) is 0 Å². The number of benzene rings is 2. The van der Waals surface area contributed by atoms with Crippen molar-refractivity contribution in [2.45, 2.75) is 9.79 Å². The Morgan fingerprint density at radius 2 is 1.74 bits per heavy atom. The molecule has 0 spiro atoms. The second-order valence-corrected chi connectivity index (χ2v) is 7.05. The maximum atomic E-state index is 3.43. The van der Waals surface area contributed by atoms with Gasteiger partial charge in [-0.15, -0.1) is 0 Å². The summed E-state index contributed by atoms with van der Waals surface area (Å²) in [6, 6.07) is 17.3. The minimum Gasteiger partial charge on any atom is -0.367 e. The summed E-state index contributed by atoms with van der Waals surface area (Å²) in [4.78, 5) is 5.11. The van der Waals surface area contributed by atoms with Crippen molar-refractivity contribution in [2.75, 3.05) is 31.1 Å². The number of aromatic nitrogens is 1. The van der Waals surface area contributed by atoms with Crippen molar-refractivity contribution in [1.82, 2.24) is 9.88 Å². The van der Waals surface area contributed by atoms with Gasteiger partial charge in [-0.05, 0) is 18.2 Å². The highest BCUT2D eigenvalue weighted by Crippen LogP contribution is 2.38. The summed E-state index contributed by atoms with van der Waals surface area (Å²) >= 11 is 1.84. The number of fused-ring (bicyclic) bond motifs is 1. The SMILES string of the molecule is Cn1cc(Sc2ccccc2)c2cccc(N3CCNCC3)c21. The third-order valence-corrected chi connectivity index (χ3v) is 5.43. The van der Waals surface area contributed by atoms with Gasteiger partial charge >= 0.3 is 0 Å². The topological polar surface area (TPSA) is 20.2 Å². The highest BCUT2D eigenvalue weighted by molar-refractivity contribution is 7.99. The van der Waals surface area contributed by atoms with E-state index in [9.17, 15) is 0 Å². The van der Waals surface area contributed by atoms with Crippen LogP contribution in [0.2, 0.25) is 0 Å². The van der Waals surface area contributed by atoms with Gasteiger partial charge in [0.25, 0.3) is 0 Å². The summed E-state index contributed by atoms with van der Waals surface area (Å²) in [7, 11) is 2.16. The zero-order valence-electron chi connectivity index (χ0n) is 13.3. The number of hydrogen-bond donors (Lipinski definition) is 1. The molecule has 0 saturated carbocycles. The Hall–Kier alpha value is -1.91. The molecule has 1 aromatic heterocycles. The number of nitrogens with zero attached hydrogens (tertiary/aromatic N) is 2. The van der Waals surface area contributed by atoms with E-state index in [4.69, 9.17) is 0 Å². The third kappa shape index (κ3) is 2.84. The average molecular weight is 323 g/mol. The Morgan fingerprint density at radius 3 is 2.52 bits per heavy atom. The Bertz CT molecular complexity index is 804. The second kappa shape index (κ2) is 6.30. The lowest BCUT2D eigenvalue weighted by molar-refractivity contribution is 0.590. The van der Waals surface area contributed by atoms with E-state index in [2.05, 4.69) is 76.6 Å². The molecule has 4 rings (SSSR count). The molecule has 2 aromatic carbocycles. The molecule has 1 fully saturated rings. The first-order valence-electron chi connectivity index (χ1n) is 8.09. The van der Waals surface area contributed by atoms with Crippen molar-refractivity contribution in [3.63, 3.8) is 0 Å². The normalized spacial score (nSPS) is 15.3. The van der Waals surface area contributed by atoms with Crippen molar-refractivity contribution in [2.24, 2.45) is 7.05 Å². The molecular weight excluding hydrogens is 302 g/mol. The van der Waals surface area contributed by atoms with Crippen LogP contribution in [0.1, 0.15) is 0 Å². The van der Waals surface area contributed by atoms with Crippen LogP contribution >= 0.6 is 11.8 Å². The summed E-state index contributed by atoms with van der Waals surface area (Å²) < 4.78 is 2.28. The van der Waals surface area contributed by atoms with Gasteiger partial charge in [-0.1, -0.05) is 42.1 Å². The number of piperazine rings is 1. The lowest BCUT2D eigenvalue weighted by Crippen LogP contribution is -2.43. The highest BCUT2D eigenvalue weighted by Gasteiger charge is 2.17. The van der Waals surface area contributed by atoms with Crippen LogP contribution in [0.4, 0.5) is 5.69 Å². The minimum atomic E-state index is 1.06. The Morgan fingerprint density at radius 1 is 0.957 bits per heavy atom. The van der Waals surface area contributed by atoms with Crippen LogP contribution in [-0.2, 0) is 7.05 Å². The molecule has 1 aliphatic heterocycles. The van der Waals surface area contributed by atoms with Crippen molar-refractivity contribution in [1.29, 1.82) is 0 Å². The fourth-order valence-electron chi connectivity index (χ4n) is 3.27. The fraction of sp³-hybridized carbons (Fsp3) is 0.263. The molecule has 4 heteroatoms. The van der Waals surface area contributed by atoms with E-state index < -0.39 is 0 Å². The smallest absolute Gasteiger partial charge is 0.0727 e. The quantitative estimate of drug-likeness (QED) is 0.793. The van der Waals surface area contributed by atoms with E-state index in [0.29, 0.717) is 0 Å². The summed E-state index contributed by atoms with van der Waals surface area (Å²) in [6.45, 7) is 4.27. The Labute approximate surface area is 141 Å². The summed E-state index contributed by atoms with van der Waals surface area (Å²) in [5.74, 6) is 0. The minimum absolute atomic E-state index is 1.06. The lowest BCUT2D eigenvalue weighted by atomic mass is 10.2. The first-order valence-corrected chi connectivity index (χ1v) is 8.91. The van der Waals surface area contributed by atoms with Crippen LogP contribution in [0.5, 0.6) is 0 Å². The van der Waals surface area contributed by atoms with Crippen LogP contribution < -0.4 is 10.2 Å². The first kappa shape index (κ1) is 14.7. The van der Waals surface area contributed by atoms with Gasteiger partial charge < -0.3 is 14.8 Å². The van der Waals surface area contributed by atoms with E-state index in [1.54, 1.807) is 0 Å². The van der Waals surface area contributed by atoms with Gasteiger partial charge in [0.2, 0.25) is 0 Å². The molecule has 1 N–H and O–H groups in total. The largest absolute Gasteiger partial charge is 0.367 e. The molecule has 3 nitrogen and oxygen atoms in total. The van der Waals surface area contributed by atoms with E-state index in [0.717, 1.165) is 26.2 Å². The van der Waals surface area contributed by atoms with E-state index in [-0.39, 0.29) is 0 Å². The zero-order chi connectivity index (χ0) is 15.6. The maximum Gasteiger partial charge on any atom is 0.0727 e. The van der Waals surface area contributed by atoms with Crippen LogP contribution in [0, 0.1) is 0 Å². The van der Waals surface area contributed by atoms with Crippen LogP contribution in [0.3, 0.4) is 0 Å². The molecule has 0 bridgehead atoms. The number of hydrogen-bond acceptors (Lipinski definition) is 3. The van der Waals surface area contributed by atoms with Gasteiger partial charge in [-0.25, -0.2) is 0 Å².